The molecule has 1 fully saturated rings. The van der Waals surface area contributed by atoms with Crippen molar-refractivity contribution in [3.8, 4) is 0 Å². The van der Waals surface area contributed by atoms with Crippen LogP contribution in [0.1, 0.15) is 12.8 Å². The Kier molecular flexibility index (Phi) is 3.41. The van der Waals surface area contributed by atoms with Crippen molar-refractivity contribution in [2.24, 2.45) is 11.1 Å². The molecule has 1 aromatic rings. The summed E-state index contributed by atoms with van der Waals surface area (Å²) in [5.74, 6) is 0. The first-order chi connectivity index (χ1) is 7.79. The maximum Gasteiger partial charge on any atom is 0.0500 e. The van der Waals surface area contributed by atoms with Crippen molar-refractivity contribution in [2.45, 2.75) is 12.8 Å². The molecule has 1 aliphatic rings. The van der Waals surface area contributed by atoms with Gasteiger partial charge in [0.25, 0.3) is 0 Å². The topological polar surface area (TPSA) is 62.4 Å². The van der Waals surface area contributed by atoms with Gasteiger partial charge in [0.2, 0.25) is 0 Å². The molecule has 1 aliphatic heterocycles. The minimum atomic E-state index is -0.0521. The van der Waals surface area contributed by atoms with Gasteiger partial charge in [-0.2, -0.15) is 0 Å². The predicted molar refractivity (Wildman–Crippen MR) is 64.3 cm³/mol. The number of aromatic nitrogens is 1. The second-order valence-corrected chi connectivity index (χ2v) is 4.55. The second kappa shape index (κ2) is 4.80. The first kappa shape index (κ1) is 11.4. The Morgan fingerprint density at radius 3 is 2.44 bits per heavy atom. The Labute approximate surface area is 96.1 Å². The molecule has 0 aromatic carbocycles. The second-order valence-electron chi connectivity index (χ2n) is 4.55. The Morgan fingerprint density at radius 1 is 1.31 bits per heavy atom. The van der Waals surface area contributed by atoms with E-state index in [4.69, 9.17) is 5.73 Å². The number of aliphatic hydroxyl groups excluding tert-OH is 1. The van der Waals surface area contributed by atoms with Gasteiger partial charge in [0.15, 0.2) is 0 Å². The van der Waals surface area contributed by atoms with Crippen LogP contribution in [-0.2, 0) is 0 Å². The summed E-state index contributed by atoms with van der Waals surface area (Å²) in [4.78, 5) is 6.34. The molecule has 0 atom stereocenters. The van der Waals surface area contributed by atoms with E-state index in [1.807, 2.05) is 24.5 Å². The number of hydrogen-bond acceptors (Lipinski definition) is 4. The zero-order valence-electron chi connectivity index (χ0n) is 9.47. The van der Waals surface area contributed by atoms with Gasteiger partial charge in [-0.05, 0) is 25.0 Å². The first-order valence-corrected chi connectivity index (χ1v) is 5.76. The SMILES string of the molecule is NCC1(CO)CCN(c2ccncc2)CC1. The molecule has 2 heterocycles. The van der Waals surface area contributed by atoms with Gasteiger partial charge in [0.05, 0.1) is 6.61 Å². The zero-order valence-corrected chi connectivity index (χ0v) is 9.47. The van der Waals surface area contributed by atoms with Gasteiger partial charge >= 0.3 is 0 Å². The molecule has 0 saturated carbocycles. The van der Waals surface area contributed by atoms with Gasteiger partial charge in [-0.25, -0.2) is 0 Å². The van der Waals surface area contributed by atoms with Crippen LogP contribution in [0.15, 0.2) is 24.5 Å². The lowest BCUT2D eigenvalue weighted by molar-refractivity contribution is 0.104. The zero-order chi connectivity index (χ0) is 11.4. The lowest BCUT2D eigenvalue weighted by atomic mass is 9.79. The summed E-state index contributed by atoms with van der Waals surface area (Å²) in [6, 6.07) is 4.04. The maximum atomic E-state index is 9.39. The normalized spacial score (nSPS) is 19.8. The molecule has 3 N–H and O–H groups in total. The highest BCUT2D eigenvalue weighted by atomic mass is 16.3. The largest absolute Gasteiger partial charge is 0.396 e. The number of hydrogen-bond donors (Lipinski definition) is 2. The highest BCUT2D eigenvalue weighted by Gasteiger charge is 2.32. The molecule has 2 rings (SSSR count). The van der Waals surface area contributed by atoms with E-state index in [0.717, 1.165) is 25.9 Å². The maximum absolute atomic E-state index is 9.39. The quantitative estimate of drug-likeness (QED) is 0.785. The van der Waals surface area contributed by atoms with Crippen molar-refractivity contribution in [1.29, 1.82) is 0 Å². The van der Waals surface area contributed by atoms with Gasteiger partial charge < -0.3 is 15.7 Å². The number of aliphatic hydroxyl groups is 1. The summed E-state index contributed by atoms with van der Waals surface area (Å²) in [6.07, 6.45) is 5.54. The fourth-order valence-electron chi connectivity index (χ4n) is 2.22. The summed E-state index contributed by atoms with van der Waals surface area (Å²) < 4.78 is 0. The summed E-state index contributed by atoms with van der Waals surface area (Å²) in [6.45, 7) is 2.70. The van der Waals surface area contributed by atoms with E-state index in [-0.39, 0.29) is 12.0 Å². The average Bonchev–Trinajstić information content (AvgIpc) is 2.40. The van der Waals surface area contributed by atoms with Crippen molar-refractivity contribution in [1.82, 2.24) is 4.98 Å². The number of piperidine rings is 1. The fraction of sp³-hybridized carbons (Fsp3) is 0.583. The van der Waals surface area contributed by atoms with E-state index in [0.29, 0.717) is 6.54 Å². The van der Waals surface area contributed by atoms with Crippen LogP contribution in [0.5, 0.6) is 0 Å². The molecular formula is C12H19N3O. The van der Waals surface area contributed by atoms with Crippen LogP contribution in [0.3, 0.4) is 0 Å². The van der Waals surface area contributed by atoms with Gasteiger partial charge in [0, 0.05) is 43.1 Å². The smallest absolute Gasteiger partial charge is 0.0500 e. The molecule has 4 heteroatoms. The number of pyridine rings is 1. The van der Waals surface area contributed by atoms with Crippen molar-refractivity contribution < 1.29 is 5.11 Å². The molecular weight excluding hydrogens is 202 g/mol. The molecule has 0 unspecified atom stereocenters. The van der Waals surface area contributed by atoms with Crippen molar-refractivity contribution in [3.63, 3.8) is 0 Å². The monoisotopic (exact) mass is 221 g/mol. The lowest BCUT2D eigenvalue weighted by Crippen LogP contribution is -2.46. The minimum absolute atomic E-state index is 0.0521. The molecule has 0 radical (unpaired) electrons. The highest BCUT2D eigenvalue weighted by molar-refractivity contribution is 5.45. The Morgan fingerprint density at radius 2 is 1.94 bits per heavy atom. The Hall–Kier alpha value is -1.13. The minimum Gasteiger partial charge on any atom is -0.396 e. The standard InChI is InChI=1S/C12H19N3O/c13-9-12(10-16)3-7-15(8-4-12)11-1-5-14-6-2-11/h1-2,5-6,16H,3-4,7-10,13H2. The summed E-state index contributed by atoms with van der Waals surface area (Å²) in [7, 11) is 0. The molecule has 1 saturated heterocycles. The van der Waals surface area contributed by atoms with Crippen LogP contribution in [-0.4, -0.2) is 36.3 Å². The molecule has 0 aliphatic carbocycles. The van der Waals surface area contributed by atoms with Crippen LogP contribution in [0.2, 0.25) is 0 Å². The third-order valence-electron chi connectivity index (χ3n) is 3.62. The Balaban J connectivity index is 2.00. The van der Waals surface area contributed by atoms with Crippen LogP contribution in [0.4, 0.5) is 5.69 Å². The highest BCUT2D eigenvalue weighted by Crippen LogP contribution is 2.31. The summed E-state index contributed by atoms with van der Waals surface area (Å²) >= 11 is 0. The molecule has 0 bridgehead atoms. The van der Waals surface area contributed by atoms with Gasteiger partial charge in [-0.1, -0.05) is 0 Å². The number of rotatable bonds is 3. The number of nitrogens with zero attached hydrogens (tertiary/aromatic N) is 2. The summed E-state index contributed by atoms with van der Waals surface area (Å²) in [5, 5.41) is 9.39. The van der Waals surface area contributed by atoms with Crippen molar-refractivity contribution >= 4 is 5.69 Å². The molecule has 0 spiro atoms. The lowest BCUT2D eigenvalue weighted by Gasteiger charge is -2.40. The van der Waals surface area contributed by atoms with E-state index in [2.05, 4.69) is 9.88 Å². The molecule has 1 aromatic heterocycles. The third kappa shape index (κ3) is 2.18. The predicted octanol–water partition coefficient (Wildman–Crippen LogP) is 0.619. The van der Waals surface area contributed by atoms with E-state index in [1.54, 1.807) is 0 Å². The fourth-order valence-corrected chi connectivity index (χ4v) is 2.22. The molecule has 4 nitrogen and oxygen atoms in total. The number of anilines is 1. The van der Waals surface area contributed by atoms with E-state index in [9.17, 15) is 5.11 Å². The van der Waals surface area contributed by atoms with Crippen molar-refractivity contribution in [3.05, 3.63) is 24.5 Å². The molecule has 88 valence electrons. The van der Waals surface area contributed by atoms with Crippen LogP contribution >= 0.6 is 0 Å². The van der Waals surface area contributed by atoms with Crippen LogP contribution in [0.25, 0.3) is 0 Å². The third-order valence-corrected chi connectivity index (χ3v) is 3.62. The Bertz CT molecular complexity index is 314. The molecule has 0 amide bonds. The molecule has 16 heavy (non-hydrogen) atoms. The average molecular weight is 221 g/mol. The van der Waals surface area contributed by atoms with Crippen molar-refractivity contribution in [2.75, 3.05) is 31.1 Å². The number of nitrogens with two attached hydrogens (primary N) is 1. The first-order valence-electron chi connectivity index (χ1n) is 5.76. The van der Waals surface area contributed by atoms with E-state index < -0.39 is 0 Å². The van der Waals surface area contributed by atoms with E-state index in [1.165, 1.54) is 5.69 Å². The van der Waals surface area contributed by atoms with Crippen LogP contribution < -0.4 is 10.6 Å². The van der Waals surface area contributed by atoms with Gasteiger partial charge in [-0.15, -0.1) is 0 Å². The van der Waals surface area contributed by atoms with Gasteiger partial charge in [-0.3, -0.25) is 4.98 Å². The van der Waals surface area contributed by atoms with Gasteiger partial charge in [0.1, 0.15) is 0 Å². The van der Waals surface area contributed by atoms with E-state index >= 15 is 0 Å². The summed E-state index contributed by atoms with van der Waals surface area (Å²) in [5.41, 5.74) is 6.90. The van der Waals surface area contributed by atoms with Crippen LogP contribution in [0, 0.1) is 5.41 Å².